The summed E-state index contributed by atoms with van der Waals surface area (Å²) in [6, 6.07) is 14.7. The summed E-state index contributed by atoms with van der Waals surface area (Å²) in [5.41, 5.74) is 9.18. The van der Waals surface area contributed by atoms with Crippen molar-refractivity contribution in [2.45, 2.75) is 19.9 Å². The van der Waals surface area contributed by atoms with Gasteiger partial charge in [0.25, 0.3) is 0 Å². The van der Waals surface area contributed by atoms with Crippen LogP contribution in [0.2, 0.25) is 0 Å². The van der Waals surface area contributed by atoms with E-state index in [0.717, 1.165) is 16.8 Å². The van der Waals surface area contributed by atoms with E-state index in [1.54, 1.807) is 0 Å². The van der Waals surface area contributed by atoms with Gasteiger partial charge in [0, 0.05) is 16.8 Å². The zero-order valence-electron chi connectivity index (χ0n) is 10.6. The topological polar surface area (TPSA) is 38.9 Å². The number of nitrogens with zero attached hydrogens (tertiary/aromatic N) is 1. The second kappa shape index (κ2) is 4.07. The number of hydrogen-bond acceptors (Lipinski definition) is 2. The molecular weight excluding hydrogens is 220 g/mol. The van der Waals surface area contributed by atoms with Crippen molar-refractivity contribution in [3.8, 4) is 0 Å². The lowest BCUT2D eigenvalue weighted by Crippen LogP contribution is -2.09. The Kier molecular flexibility index (Phi) is 2.53. The number of benzene rings is 2. The number of rotatable bonds is 1. The maximum atomic E-state index is 5.99. The molecule has 0 radical (unpaired) electrons. The maximum Gasteiger partial charge on any atom is 0.0784 e. The first-order valence-electron chi connectivity index (χ1n) is 6.21. The molecule has 0 spiro atoms. The van der Waals surface area contributed by atoms with Gasteiger partial charge in [-0.3, -0.25) is 4.98 Å². The highest BCUT2D eigenvalue weighted by Crippen LogP contribution is 2.26. The van der Waals surface area contributed by atoms with Crippen LogP contribution in [0.25, 0.3) is 21.7 Å². The largest absolute Gasteiger partial charge is 0.323 e. The minimum Gasteiger partial charge on any atom is -0.323 e. The van der Waals surface area contributed by atoms with Crippen LogP contribution in [-0.2, 0) is 0 Å². The third-order valence-electron chi connectivity index (χ3n) is 3.37. The van der Waals surface area contributed by atoms with Crippen LogP contribution in [-0.4, -0.2) is 4.98 Å². The molecule has 1 unspecified atom stereocenters. The van der Waals surface area contributed by atoms with E-state index in [9.17, 15) is 0 Å². The molecule has 0 aliphatic heterocycles. The van der Waals surface area contributed by atoms with E-state index in [-0.39, 0.29) is 6.04 Å². The lowest BCUT2D eigenvalue weighted by atomic mass is 10.0. The first-order chi connectivity index (χ1) is 8.66. The monoisotopic (exact) mass is 236 g/mol. The van der Waals surface area contributed by atoms with Gasteiger partial charge in [-0.2, -0.15) is 0 Å². The summed E-state index contributed by atoms with van der Waals surface area (Å²) in [6.45, 7) is 4.05. The molecule has 1 heterocycles. The Bertz CT molecular complexity index is 730. The number of pyridine rings is 1. The molecule has 2 N–H and O–H groups in total. The molecule has 90 valence electrons. The van der Waals surface area contributed by atoms with Crippen LogP contribution in [0.3, 0.4) is 0 Å². The van der Waals surface area contributed by atoms with E-state index in [0.29, 0.717) is 0 Å². The van der Waals surface area contributed by atoms with Gasteiger partial charge in [-0.15, -0.1) is 0 Å². The normalized spacial score (nSPS) is 13.1. The number of nitrogens with two attached hydrogens (primary N) is 1. The van der Waals surface area contributed by atoms with Gasteiger partial charge in [-0.05, 0) is 30.9 Å². The summed E-state index contributed by atoms with van der Waals surface area (Å²) in [4.78, 5) is 4.78. The highest BCUT2D eigenvalue weighted by molar-refractivity contribution is 6.05. The molecule has 0 aliphatic carbocycles. The van der Waals surface area contributed by atoms with Gasteiger partial charge >= 0.3 is 0 Å². The van der Waals surface area contributed by atoms with Crippen molar-refractivity contribution in [3.63, 3.8) is 0 Å². The van der Waals surface area contributed by atoms with Crippen molar-refractivity contribution >= 4 is 21.7 Å². The molecular formula is C16H16N2. The molecule has 2 heteroatoms. The van der Waals surface area contributed by atoms with E-state index in [1.807, 2.05) is 6.92 Å². The molecule has 0 bridgehead atoms. The van der Waals surface area contributed by atoms with Gasteiger partial charge in [0.1, 0.15) is 0 Å². The predicted octanol–water partition coefficient (Wildman–Crippen LogP) is 3.72. The summed E-state index contributed by atoms with van der Waals surface area (Å²) >= 11 is 0. The number of aryl methyl sites for hydroxylation is 1. The summed E-state index contributed by atoms with van der Waals surface area (Å²) in [6.07, 6.45) is 0. The number of fused-ring (bicyclic) bond motifs is 3. The quantitative estimate of drug-likeness (QED) is 0.654. The van der Waals surface area contributed by atoms with E-state index >= 15 is 0 Å². The Morgan fingerprint density at radius 2 is 1.78 bits per heavy atom. The van der Waals surface area contributed by atoms with Crippen LogP contribution in [0.1, 0.15) is 24.2 Å². The van der Waals surface area contributed by atoms with Crippen molar-refractivity contribution in [3.05, 3.63) is 53.7 Å². The fraction of sp³-hybridized carbons (Fsp3) is 0.188. The number of hydrogen-bond donors (Lipinski definition) is 1. The molecule has 2 aromatic carbocycles. The van der Waals surface area contributed by atoms with Gasteiger partial charge in [0.2, 0.25) is 0 Å². The standard InChI is InChI=1S/C16H16N2/c1-10-9-13-8-7-12-5-3-4-6-14(12)16(13)18-15(10)11(2)17/h3-9,11H,17H2,1-2H3. The zero-order valence-corrected chi connectivity index (χ0v) is 10.6. The molecule has 3 rings (SSSR count). The Hall–Kier alpha value is -1.93. The highest BCUT2D eigenvalue weighted by atomic mass is 14.8. The summed E-state index contributed by atoms with van der Waals surface area (Å²) in [5, 5.41) is 3.59. The molecule has 18 heavy (non-hydrogen) atoms. The summed E-state index contributed by atoms with van der Waals surface area (Å²) in [5.74, 6) is 0. The Balaban J connectivity index is 2.45. The van der Waals surface area contributed by atoms with Gasteiger partial charge in [-0.1, -0.05) is 36.4 Å². The van der Waals surface area contributed by atoms with E-state index in [4.69, 9.17) is 10.7 Å². The molecule has 0 saturated carbocycles. The van der Waals surface area contributed by atoms with Crippen LogP contribution in [0.5, 0.6) is 0 Å². The average Bonchev–Trinajstić information content (AvgIpc) is 2.37. The van der Waals surface area contributed by atoms with Gasteiger partial charge < -0.3 is 5.73 Å². The number of aromatic nitrogens is 1. The van der Waals surface area contributed by atoms with Gasteiger partial charge in [-0.25, -0.2) is 0 Å². The lowest BCUT2D eigenvalue weighted by Gasteiger charge is -2.11. The molecule has 0 saturated heterocycles. The maximum absolute atomic E-state index is 5.99. The van der Waals surface area contributed by atoms with Crippen LogP contribution in [0.15, 0.2) is 42.5 Å². The molecule has 3 aromatic rings. The van der Waals surface area contributed by atoms with E-state index < -0.39 is 0 Å². The molecule has 1 atom stereocenters. The second-order valence-electron chi connectivity index (χ2n) is 4.84. The minimum absolute atomic E-state index is 0.0339. The molecule has 0 aliphatic rings. The van der Waals surface area contributed by atoms with Crippen LogP contribution < -0.4 is 5.73 Å². The van der Waals surface area contributed by atoms with E-state index in [1.165, 1.54) is 16.2 Å². The summed E-state index contributed by atoms with van der Waals surface area (Å²) < 4.78 is 0. The predicted molar refractivity (Wildman–Crippen MR) is 76.6 cm³/mol. The SMILES string of the molecule is Cc1cc2ccc3ccccc3c2nc1C(C)N. The van der Waals surface area contributed by atoms with Crippen molar-refractivity contribution in [1.29, 1.82) is 0 Å². The molecule has 0 fully saturated rings. The van der Waals surface area contributed by atoms with E-state index in [2.05, 4.69) is 49.4 Å². The zero-order chi connectivity index (χ0) is 12.7. The molecule has 0 amide bonds. The van der Waals surface area contributed by atoms with Crippen molar-refractivity contribution in [2.24, 2.45) is 5.73 Å². The van der Waals surface area contributed by atoms with Crippen molar-refractivity contribution < 1.29 is 0 Å². The second-order valence-corrected chi connectivity index (χ2v) is 4.84. The van der Waals surface area contributed by atoms with Crippen LogP contribution >= 0.6 is 0 Å². The first-order valence-corrected chi connectivity index (χ1v) is 6.21. The Morgan fingerprint density at radius 1 is 1.06 bits per heavy atom. The van der Waals surface area contributed by atoms with Crippen LogP contribution in [0.4, 0.5) is 0 Å². The Labute approximate surface area is 106 Å². The molecule has 1 aromatic heterocycles. The van der Waals surface area contributed by atoms with Gasteiger partial charge in [0.05, 0.1) is 11.2 Å². The smallest absolute Gasteiger partial charge is 0.0784 e. The third-order valence-corrected chi connectivity index (χ3v) is 3.37. The average molecular weight is 236 g/mol. The fourth-order valence-corrected chi connectivity index (χ4v) is 2.49. The Morgan fingerprint density at radius 3 is 2.56 bits per heavy atom. The highest BCUT2D eigenvalue weighted by Gasteiger charge is 2.09. The lowest BCUT2D eigenvalue weighted by molar-refractivity contribution is 0.778. The fourth-order valence-electron chi connectivity index (χ4n) is 2.49. The van der Waals surface area contributed by atoms with Gasteiger partial charge in [0.15, 0.2) is 0 Å². The molecule has 2 nitrogen and oxygen atoms in total. The minimum atomic E-state index is -0.0339. The van der Waals surface area contributed by atoms with Crippen molar-refractivity contribution in [2.75, 3.05) is 0 Å². The third kappa shape index (κ3) is 1.66. The summed E-state index contributed by atoms with van der Waals surface area (Å²) in [7, 11) is 0. The van der Waals surface area contributed by atoms with Crippen molar-refractivity contribution in [1.82, 2.24) is 4.98 Å². The first kappa shape index (κ1) is 11.2. The van der Waals surface area contributed by atoms with Crippen LogP contribution in [0, 0.1) is 6.92 Å².